The molecular formula is C18H12N4OS. The number of carbonyl (C=O) groups is 1. The third-order valence-corrected chi connectivity index (χ3v) is 4.28. The molecule has 0 radical (unpaired) electrons. The smallest absolute Gasteiger partial charge is 0.257 e. The Kier molecular flexibility index (Phi) is 3.72. The number of aromatic nitrogens is 3. The van der Waals surface area contributed by atoms with Crippen molar-refractivity contribution < 1.29 is 4.79 Å². The second-order valence-corrected chi connectivity index (χ2v) is 5.98. The van der Waals surface area contributed by atoms with E-state index in [1.165, 1.54) is 11.3 Å². The number of amides is 1. The molecule has 24 heavy (non-hydrogen) atoms. The topological polar surface area (TPSA) is 67.8 Å². The number of fused-ring (bicyclic) bond motifs is 1. The molecule has 2 heterocycles. The molecule has 0 fully saturated rings. The van der Waals surface area contributed by atoms with Crippen LogP contribution in [-0.4, -0.2) is 20.9 Å². The summed E-state index contributed by atoms with van der Waals surface area (Å²) in [6.45, 7) is 0. The highest BCUT2D eigenvalue weighted by Crippen LogP contribution is 2.25. The number of thiazole rings is 1. The van der Waals surface area contributed by atoms with Crippen LogP contribution >= 0.6 is 11.3 Å². The number of hydrogen-bond donors (Lipinski definition) is 1. The number of nitrogens with zero attached hydrogens (tertiary/aromatic N) is 3. The lowest BCUT2D eigenvalue weighted by Crippen LogP contribution is -2.11. The van der Waals surface area contributed by atoms with Crippen molar-refractivity contribution in [3.8, 4) is 11.3 Å². The first-order chi connectivity index (χ1) is 11.8. The molecule has 116 valence electrons. The normalized spacial score (nSPS) is 10.7. The van der Waals surface area contributed by atoms with Gasteiger partial charge in [-0.25, -0.2) is 4.98 Å². The lowest BCUT2D eigenvalue weighted by atomic mass is 10.2. The van der Waals surface area contributed by atoms with Crippen LogP contribution in [-0.2, 0) is 0 Å². The highest BCUT2D eigenvalue weighted by molar-refractivity contribution is 7.14. The van der Waals surface area contributed by atoms with Crippen LogP contribution in [0.25, 0.3) is 22.3 Å². The second kappa shape index (κ2) is 6.17. The molecule has 2 aromatic carbocycles. The van der Waals surface area contributed by atoms with Gasteiger partial charge in [0.2, 0.25) is 0 Å². The zero-order chi connectivity index (χ0) is 16.4. The quantitative estimate of drug-likeness (QED) is 0.615. The van der Waals surface area contributed by atoms with Gasteiger partial charge >= 0.3 is 0 Å². The molecule has 4 aromatic rings. The van der Waals surface area contributed by atoms with Crippen molar-refractivity contribution in [2.24, 2.45) is 0 Å². The van der Waals surface area contributed by atoms with Crippen LogP contribution in [0.3, 0.4) is 0 Å². The van der Waals surface area contributed by atoms with Crippen LogP contribution in [0.5, 0.6) is 0 Å². The summed E-state index contributed by atoms with van der Waals surface area (Å²) in [5.41, 5.74) is 3.85. The van der Waals surface area contributed by atoms with E-state index in [9.17, 15) is 4.79 Å². The summed E-state index contributed by atoms with van der Waals surface area (Å²) in [5, 5.41) is 5.33. The van der Waals surface area contributed by atoms with Crippen molar-refractivity contribution in [1.29, 1.82) is 0 Å². The molecule has 4 rings (SSSR count). The number of rotatable bonds is 3. The summed E-state index contributed by atoms with van der Waals surface area (Å²) < 4.78 is 0. The molecule has 0 aliphatic rings. The van der Waals surface area contributed by atoms with Crippen LogP contribution in [0.2, 0.25) is 0 Å². The van der Waals surface area contributed by atoms with Gasteiger partial charge in [0, 0.05) is 28.9 Å². The maximum Gasteiger partial charge on any atom is 0.257 e. The summed E-state index contributed by atoms with van der Waals surface area (Å²) in [7, 11) is 0. The first-order valence-electron chi connectivity index (χ1n) is 7.33. The van der Waals surface area contributed by atoms with E-state index >= 15 is 0 Å². The van der Waals surface area contributed by atoms with Gasteiger partial charge in [-0.15, -0.1) is 11.3 Å². The van der Waals surface area contributed by atoms with Crippen molar-refractivity contribution in [2.45, 2.75) is 0 Å². The van der Waals surface area contributed by atoms with Gasteiger partial charge in [0.05, 0.1) is 16.7 Å². The second-order valence-electron chi connectivity index (χ2n) is 5.12. The van der Waals surface area contributed by atoms with Gasteiger partial charge in [0.1, 0.15) is 0 Å². The van der Waals surface area contributed by atoms with Crippen molar-refractivity contribution in [2.75, 3.05) is 5.32 Å². The Hall–Kier alpha value is -3.12. The number of carbonyl (C=O) groups excluding carboxylic acids is 1. The molecule has 0 atom stereocenters. The standard InChI is InChI=1S/C18H12N4OS/c23-17(13-6-7-14-15(10-13)20-9-8-19-14)22-18-21-16(11-24-18)12-4-2-1-3-5-12/h1-11H,(H,21,22,23). The van der Waals surface area contributed by atoms with E-state index in [-0.39, 0.29) is 5.91 Å². The molecule has 0 spiro atoms. The van der Waals surface area contributed by atoms with E-state index in [2.05, 4.69) is 20.3 Å². The molecule has 0 aliphatic carbocycles. The predicted molar refractivity (Wildman–Crippen MR) is 95.0 cm³/mol. The fourth-order valence-corrected chi connectivity index (χ4v) is 3.06. The molecule has 1 N–H and O–H groups in total. The average molecular weight is 332 g/mol. The first kappa shape index (κ1) is 14.5. The van der Waals surface area contributed by atoms with E-state index in [0.717, 1.165) is 16.8 Å². The molecule has 0 bridgehead atoms. The molecular weight excluding hydrogens is 320 g/mol. The van der Waals surface area contributed by atoms with Crippen LogP contribution in [0.15, 0.2) is 66.3 Å². The third-order valence-electron chi connectivity index (χ3n) is 3.53. The van der Waals surface area contributed by atoms with E-state index in [4.69, 9.17) is 0 Å². The van der Waals surface area contributed by atoms with Crippen molar-refractivity contribution in [3.05, 3.63) is 71.9 Å². The van der Waals surface area contributed by atoms with Gasteiger partial charge < -0.3 is 0 Å². The highest BCUT2D eigenvalue weighted by atomic mass is 32.1. The van der Waals surface area contributed by atoms with Gasteiger partial charge in [0.15, 0.2) is 5.13 Å². The van der Waals surface area contributed by atoms with Gasteiger partial charge in [-0.05, 0) is 18.2 Å². The van der Waals surface area contributed by atoms with E-state index < -0.39 is 0 Å². The Morgan fingerprint density at radius 2 is 1.75 bits per heavy atom. The van der Waals surface area contributed by atoms with Gasteiger partial charge in [-0.3, -0.25) is 20.1 Å². The Morgan fingerprint density at radius 1 is 0.958 bits per heavy atom. The Labute approximate surface area is 142 Å². The van der Waals surface area contributed by atoms with Crippen LogP contribution in [0, 0.1) is 0 Å². The summed E-state index contributed by atoms with van der Waals surface area (Å²) in [6, 6.07) is 15.1. The average Bonchev–Trinajstić information content (AvgIpc) is 3.10. The van der Waals surface area contributed by atoms with Crippen LogP contribution in [0.1, 0.15) is 10.4 Å². The van der Waals surface area contributed by atoms with Gasteiger partial charge in [-0.2, -0.15) is 0 Å². The Balaban J connectivity index is 1.56. The SMILES string of the molecule is O=C(Nc1nc(-c2ccccc2)cs1)c1ccc2nccnc2c1. The first-order valence-corrected chi connectivity index (χ1v) is 8.21. The van der Waals surface area contributed by atoms with Crippen molar-refractivity contribution >= 4 is 33.4 Å². The molecule has 5 nitrogen and oxygen atoms in total. The predicted octanol–water partition coefficient (Wildman–Crippen LogP) is 4.01. The zero-order valence-corrected chi connectivity index (χ0v) is 13.3. The molecule has 0 saturated heterocycles. The van der Waals surface area contributed by atoms with E-state index in [0.29, 0.717) is 16.2 Å². The van der Waals surface area contributed by atoms with E-state index in [1.807, 2.05) is 35.7 Å². The van der Waals surface area contributed by atoms with Gasteiger partial charge in [0.25, 0.3) is 5.91 Å². The lowest BCUT2D eigenvalue weighted by molar-refractivity contribution is 0.102. The minimum absolute atomic E-state index is 0.212. The summed E-state index contributed by atoms with van der Waals surface area (Å²) >= 11 is 1.40. The molecule has 0 aliphatic heterocycles. The zero-order valence-electron chi connectivity index (χ0n) is 12.5. The monoisotopic (exact) mass is 332 g/mol. The molecule has 0 saturated carbocycles. The largest absolute Gasteiger partial charge is 0.298 e. The van der Waals surface area contributed by atoms with Crippen LogP contribution in [0.4, 0.5) is 5.13 Å². The molecule has 6 heteroatoms. The summed E-state index contributed by atoms with van der Waals surface area (Å²) in [5.74, 6) is -0.212. The number of nitrogens with one attached hydrogen (secondary N) is 1. The molecule has 2 aromatic heterocycles. The maximum absolute atomic E-state index is 12.4. The highest BCUT2D eigenvalue weighted by Gasteiger charge is 2.11. The summed E-state index contributed by atoms with van der Waals surface area (Å²) in [6.07, 6.45) is 3.24. The Bertz CT molecular complexity index is 1010. The maximum atomic E-state index is 12.4. The lowest BCUT2D eigenvalue weighted by Gasteiger charge is -2.03. The minimum Gasteiger partial charge on any atom is -0.298 e. The van der Waals surface area contributed by atoms with E-state index in [1.54, 1.807) is 30.6 Å². The van der Waals surface area contributed by atoms with Crippen LogP contribution < -0.4 is 5.32 Å². The summed E-state index contributed by atoms with van der Waals surface area (Å²) in [4.78, 5) is 25.3. The number of hydrogen-bond acceptors (Lipinski definition) is 5. The van der Waals surface area contributed by atoms with Crippen molar-refractivity contribution in [1.82, 2.24) is 15.0 Å². The molecule has 0 unspecified atom stereocenters. The number of anilines is 1. The van der Waals surface area contributed by atoms with Gasteiger partial charge in [-0.1, -0.05) is 30.3 Å². The fraction of sp³-hybridized carbons (Fsp3) is 0. The third kappa shape index (κ3) is 2.87. The number of benzene rings is 2. The minimum atomic E-state index is -0.212. The van der Waals surface area contributed by atoms with Crippen molar-refractivity contribution in [3.63, 3.8) is 0 Å². The Morgan fingerprint density at radius 3 is 2.58 bits per heavy atom. The fourth-order valence-electron chi connectivity index (χ4n) is 2.35. The molecule has 1 amide bonds.